The molecule has 0 aromatic heterocycles. The largest absolute Gasteiger partial charge is 0.325 e. The van der Waals surface area contributed by atoms with Gasteiger partial charge in [0.15, 0.2) is 0 Å². The van der Waals surface area contributed by atoms with Crippen LogP contribution >= 0.6 is 0 Å². The molecule has 0 bridgehead atoms. The minimum Gasteiger partial charge on any atom is -0.325 e. The molecule has 64 heavy (non-hydrogen) atoms. The van der Waals surface area contributed by atoms with Crippen LogP contribution in [0.1, 0.15) is 39.3 Å². The Morgan fingerprint density at radius 2 is 0.609 bits per heavy atom. The van der Waals surface area contributed by atoms with Gasteiger partial charge in [-0.2, -0.15) is 0 Å². The second kappa shape index (κ2) is 20.6. The second-order valence-electron chi connectivity index (χ2n) is 15.0. The minimum atomic E-state index is -0.930. The first-order chi connectivity index (χ1) is 30.6. The zero-order valence-electron chi connectivity index (χ0n) is 34.0. The fraction of sp³-hybridized carbons (Fsp3) is 0.152. The number of benzene rings is 6. The summed E-state index contributed by atoms with van der Waals surface area (Å²) in [5.74, 6) is -1.72. The molecule has 9 N–H and O–H groups in total. The van der Waals surface area contributed by atoms with E-state index in [1.54, 1.807) is 72.8 Å². The summed E-state index contributed by atoms with van der Waals surface area (Å²) in [6.07, 6.45) is 0.483. The Bertz CT molecular complexity index is 2330. The number of nitrogens with zero attached hydrogens (tertiary/aromatic N) is 3. The van der Waals surface area contributed by atoms with Crippen LogP contribution in [-0.4, -0.2) is 50.6 Å². The van der Waals surface area contributed by atoms with Gasteiger partial charge in [0.2, 0.25) is 17.7 Å². The van der Waals surface area contributed by atoms with Crippen LogP contribution in [0.2, 0.25) is 0 Å². The van der Waals surface area contributed by atoms with Crippen LogP contribution in [0.5, 0.6) is 0 Å². The van der Waals surface area contributed by atoms with Crippen LogP contribution in [0.4, 0.5) is 34.1 Å². The lowest BCUT2D eigenvalue weighted by Gasteiger charge is -2.21. The molecule has 0 aliphatic heterocycles. The van der Waals surface area contributed by atoms with E-state index in [4.69, 9.17) is 17.2 Å². The Morgan fingerprint density at radius 1 is 0.391 bits per heavy atom. The molecule has 0 aliphatic carbocycles. The second-order valence-corrected chi connectivity index (χ2v) is 15.0. The summed E-state index contributed by atoms with van der Waals surface area (Å²) < 4.78 is 0. The molecule has 0 spiro atoms. The van der Waals surface area contributed by atoms with Crippen LogP contribution < -0.4 is 33.2 Å². The lowest BCUT2D eigenvalue weighted by atomic mass is 9.85. The van der Waals surface area contributed by atoms with Gasteiger partial charge < -0.3 is 33.2 Å². The van der Waals surface area contributed by atoms with E-state index in [9.17, 15) is 44.7 Å². The molecule has 0 fully saturated rings. The van der Waals surface area contributed by atoms with Crippen LogP contribution in [-0.2, 0) is 33.6 Å². The Kier molecular flexibility index (Phi) is 14.6. The Morgan fingerprint density at radius 3 is 0.812 bits per heavy atom. The maximum Gasteiger partial charge on any atom is 0.269 e. The van der Waals surface area contributed by atoms with Crippen molar-refractivity contribution in [3.05, 3.63) is 209 Å². The van der Waals surface area contributed by atoms with Gasteiger partial charge in [-0.15, -0.1) is 0 Å². The number of hydrogen-bond donors (Lipinski definition) is 6. The molecular weight excluding hydrogens is 823 g/mol. The Hall–Kier alpha value is -8.19. The van der Waals surface area contributed by atoms with Crippen molar-refractivity contribution in [2.45, 2.75) is 43.3 Å². The summed E-state index contributed by atoms with van der Waals surface area (Å²) in [5.41, 5.74) is 24.3. The molecule has 18 nitrogen and oxygen atoms in total. The molecule has 0 aliphatic rings. The average Bonchev–Trinajstić information content (AvgIpc) is 3.28. The van der Waals surface area contributed by atoms with Crippen molar-refractivity contribution in [1.82, 2.24) is 0 Å². The van der Waals surface area contributed by atoms with Crippen molar-refractivity contribution in [3.63, 3.8) is 0 Å². The number of nitro groups is 3. The molecule has 0 unspecified atom stereocenters. The van der Waals surface area contributed by atoms with E-state index in [1.165, 1.54) is 36.4 Å². The maximum absolute atomic E-state index is 13.0. The molecule has 6 aromatic carbocycles. The van der Waals surface area contributed by atoms with Gasteiger partial charge in [0, 0.05) is 59.4 Å². The zero-order chi connectivity index (χ0) is 45.9. The summed E-state index contributed by atoms with van der Waals surface area (Å²) in [7, 11) is 0. The third-order valence-electron chi connectivity index (χ3n) is 10.4. The first-order valence-electron chi connectivity index (χ1n) is 19.8. The summed E-state index contributed by atoms with van der Waals surface area (Å²) in [6, 6.07) is 36.2. The van der Waals surface area contributed by atoms with Crippen molar-refractivity contribution in [2.75, 3.05) is 16.0 Å². The molecule has 326 valence electrons. The maximum atomic E-state index is 13.0. The van der Waals surface area contributed by atoms with E-state index in [0.717, 1.165) is 16.7 Å². The highest BCUT2D eigenvalue weighted by atomic mass is 16.6. The predicted octanol–water partition coefficient (Wildman–Crippen LogP) is 6.12. The molecule has 3 atom stereocenters. The van der Waals surface area contributed by atoms with Crippen molar-refractivity contribution in [1.29, 1.82) is 0 Å². The van der Waals surface area contributed by atoms with Gasteiger partial charge in [0.25, 0.3) is 17.1 Å². The van der Waals surface area contributed by atoms with Gasteiger partial charge in [-0.05, 0) is 89.0 Å². The van der Waals surface area contributed by atoms with E-state index in [0.29, 0.717) is 33.8 Å². The van der Waals surface area contributed by atoms with E-state index < -0.39 is 50.6 Å². The molecule has 6 rings (SSSR count). The number of carbonyl (C=O) groups excluding carboxylic acids is 3. The van der Waals surface area contributed by atoms with Gasteiger partial charge in [0.05, 0.1) is 32.9 Å². The number of rotatable bonds is 18. The molecule has 0 saturated carbocycles. The molecule has 0 heterocycles. The van der Waals surface area contributed by atoms with Crippen LogP contribution in [0.25, 0.3) is 0 Å². The first kappa shape index (κ1) is 45.3. The number of carbonyl (C=O) groups is 3. The van der Waals surface area contributed by atoms with Crippen LogP contribution in [0.3, 0.4) is 0 Å². The smallest absolute Gasteiger partial charge is 0.269 e. The monoisotopic (exact) mass is 865 g/mol. The van der Waals surface area contributed by atoms with E-state index in [-0.39, 0.29) is 42.2 Å². The summed E-state index contributed by atoms with van der Waals surface area (Å²) in [4.78, 5) is 70.6. The number of nitrogens with two attached hydrogens (primary N) is 3. The van der Waals surface area contributed by atoms with Gasteiger partial charge in [-0.3, -0.25) is 44.7 Å². The van der Waals surface area contributed by atoms with E-state index >= 15 is 0 Å². The quantitative estimate of drug-likeness (QED) is 0.0324. The Balaban J connectivity index is 1.17. The van der Waals surface area contributed by atoms with Gasteiger partial charge in [0.1, 0.15) is 0 Å². The molecule has 0 radical (unpaired) electrons. The lowest BCUT2D eigenvalue weighted by molar-refractivity contribution is -0.385. The van der Waals surface area contributed by atoms with Crippen LogP contribution in [0, 0.1) is 30.3 Å². The fourth-order valence-corrected chi connectivity index (χ4v) is 6.86. The molecule has 6 aromatic rings. The van der Waals surface area contributed by atoms with Crippen LogP contribution in [0.15, 0.2) is 146 Å². The Labute approximate surface area is 365 Å². The number of nitrogens with one attached hydrogen (secondary N) is 3. The molecule has 18 heteroatoms. The number of nitro benzene ring substituents is 3. The third-order valence-corrected chi connectivity index (χ3v) is 10.4. The summed E-state index contributed by atoms with van der Waals surface area (Å²) in [5, 5.41) is 41.5. The molecular formula is C46H43N9O9. The van der Waals surface area contributed by atoms with E-state index in [1.807, 2.05) is 36.4 Å². The standard InChI is InChI=1S/C46H43N9O9/c47-40(25-28-1-19-37(20-2-28)53(59)60)44(56)50-34-13-7-31(8-14-34)43(32-9-15-35(16-10-32)51-45(57)41(48)26-29-3-21-38(22-4-29)54(61)62)33-11-17-36(18-12-33)52-46(58)42(49)27-30-5-23-39(24-6-30)55(63)64/h1-24,40-43H,25-27,47-49H2,(H,50,56)(H,51,57)(H,52,58)/t40-,41-,42-/m0/s1. The normalized spacial score (nSPS) is 12.4. The highest BCUT2D eigenvalue weighted by Gasteiger charge is 2.22. The van der Waals surface area contributed by atoms with Crippen molar-refractivity contribution < 1.29 is 29.2 Å². The SMILES string of the molecule is N[C@@H](Cc1ccc([N+](=O)[O-])cc1)C(=O)Nc1ccc(C(c2ccc(NC(=O)[C@@H](N)Cc3ccc([N+](=O)[O-])cc3)cc2)c2ccc(NC(=O)[C@@H](N)Cc3ccc([N+](=O)[O-])cc3)cc2)cc1. The lowest BCUT2D eigenvalue weighted by Crippen LogP contribution is -2.37. The number of amides is 3. The first-order valence-corrected chi connectivity index (χ1v) is 19.8. The number of hydrogen-bond acceptors (Lipinski definition) is 12. The van der Waals surface area contributed by atoms with Gasteiger partial charge >= 0.3 is 0 Å². The third kappa shape index (κ3) is 12.0. The van der Waals surface area contributed by atoms with Gasteiger partial charge in [-0.25, -0.2) is 0 Å². The van der Waals surface area contributed by atoms with Crippen molar-refractivity contribution in [3.8, 4) is 0 Å². The molecule has 0 saturated heterocycles. The van der Waals surface area contributed by atoms with Gasteiger partial charge in [-0.1, -0.05) is 72.8 Å². The van der Waals surface area contributed by atoms with Crippen molar-refractivity contribution in [2.24, 2.45) is 17.2 Å². The van der Waals surface area contributed by atoms with E-state index in [2.05, 4.69) is 16.0 Å². The number of non-ortho nitro benzene ring substituents is 3. The topological polar surface area (TPSA) is 295 Å². The predicted molar refractivity (Wildman–Crippen MR) is 240 cm³/mol. The molecule has 3 amide bonds. The highest BCUT2D eigenvalue weighted by Crippen LogP contribution is 2.34. The summed E-state index contributed by atoms with van der Waals surface area (Å²) in [6.45, 7) is 0. The fourth-order valence-electron chi connectivity index (χ4n) is 6.86. The zero-order valence-corrected chi connectivity index (χ0v) is 34.0. The minimum absolute atomic E-state index is 0.0670. The summed E-state index contributed by atoms with van der Waals surface area (Å²) >= 11 is 0. The number of anilines is 3. The highest BCUT2D eigenvalue weighted by molar-refractivity contribution is 5.96. The average molecular weight is 866 g/mol. The van der Waals surface area contributed by atoms with Crippen molar-refractivity contribution >= 4 is 51.8 Å².